The number of aromatic nitrogens is 2. The highest BCUT2D eigenvalue weighted by molar-refractivity contribution is 5.09. The van der Waals surface area contributed by atoms with E-state index in [1.807, 2.05) is 12.5 Å². The lowest BCUT2D eigenvalue weighted by Gasteiger charge is -2.20. The van der Waals surface area contributed by atoms with Crippen molar-refractivity contribution >= 4 is 0 Å². The molecule has 2 aliphatic carbocycles. The first kappa shape index (κ1) is 12.2. The highest BCUT2D eigenvalue weighted by Crippen LogP contribution is 2.62. The van der Waals surface area contributed by atoms with E-state index in [1.54, 1.807) is 0 Å². The molecule has 1 heterocycles. The van der Waals surface area contributed by atoms with Crippen molar-refractivity contribution in [1.82, 2.24) is 9.55 Å². The Hall–Kier alpha value is -0.830. The molecule has 0 bridgehead atoms. The standard InChI is InChI=1S/C15H25N3/c1-11(2)7-13(16)14-8-17-10-18(14)9-15(5-6-15)12-3-4-12/h8,10-13H,3-7,9,16H2,1-2H3. The minimum atomic E-state index is 0.141. The van der Waals surface area contributed by atoms with E-state index >= 15 is 0 Å². The summed E-state index contributed by atoms with van der Waals surface area (Å²) in [6.07, 6.45) is 10.7. The molecule has 3 heteroatoms. The Morgan fingerprint density at radius 2 is 2.17 bits per heavy atom. The van der Waals surface area contributed by atoms with Gasteiger partial charge in [-0.1, -0.05) is 13.8 Å². The third-order valence-electron chi connectivity index (χ3n) is 4.67. The first-order valence-electron chi connectivity index (χ1n) is 7.36. The molecule has 3 rings (SSSR count). The molecule has 2 N–H and O–H groups in total. The van der Waals surface area contributed by atoms with Gasteiger partial charge in [-0.05, 0) is 49.4 Å². The van der Waals surface area contributed by atoms with E-state index in [9.17, 15) is 0 Å². The molecule has 3 nitrogen and oxygen atoms in total. The van der Waals surface area contributed by atoms with Crippen LogP contribution >= 0.6 is 0 Å². The predicted octanol–water partition coefficient (Wildman–Crippen LogP) is 3.12. The van der Waals surface area contributed by atoms with Gasteiger partial charge in [0.15, 0.2) is 0 Å². The number of nitrogens with two attached hydrogens (primary N) is 1. The Kier molecular flexibility index (Phi) is 2.97. The highest BCUT2D eigenvalue weighted by Gasteiger charge is 2.53. The Labute approximate surface area is 110 Å². The second kappa shape index (κ2) is 4.37. The van der Waals surface area contributed by atoms with Crippen molar-refractivity contribution in [3.05, 3.63) is 18.2 Å². The summed E-state index contributed by atoms with van der Waals surface area (Å²) in [6.45, 7) is 5.61. The maximum atomic E-state index is 6.31. The van der Waals surface area contributed by atoms with Crippen molar-refractivity contribution in [2.24, 2.45) is 23.0 Å². The maximum Gasteiger partial charge on any atom is 0.0948 e. The summed E-state index contributed by atoms with van der Waals surface area (Å²) in [5.41, 5.74) is 8.16. The van der Waals surface area contributed by atoms with Crippen LogP contribution in [-0.2, 0) is 6.54 Å². The minimum Gasteiger partial charge on any atom is -0.333 e. The normalized spacial score (nSPS) is 23.3. The maximum absolute atomic E-state index is 6.31. The van der Waals surface area contributed by atoms with Gasteiger partial charge in [0.05, 0.1) is 12.0 Å². The zero-order valence-electron chi connectivity index (χ0n) is 11.6. The quantitative estimate of drug-likeness (QED) is 0.839. The third kappa shape index (κ3) is 2.33. The predicted molar refractivity (Wildman–Crippen MR) is 73.0 cm³/mol. The molecule has 0 radical (unpaired) electrons. The SMILES string of the molecule is CC(C)CC(N)c1cncn1CC1(C2CC2)CC1. The molecule has 1 atom stereocenters. The highest BCUT2D eigenvalue weighted by atomic mass is 15.1. The fraction of sp³-hybridized carbons (Fsp3) is 0.800. The van der Waals surface area contributed by atoms with Crippen LogP contribution in [0, 0.1) is 17.3 Å². The van der Waals surface area contributed by atoms with Crippen LogP contribution in [0.15, 0.2) is 12.5 Å². The number of hydrogen-bond acceptors (Lipinski definition) is 2. The van der Waals surface area contributed by atoms with Crippen LogP contribution in [0.5, 0.6) is 0 Å². The van der Waals surface area contributed by atoms with Gasteiger partial charge in [-0.25, -0.2) is 4.98 Å². The van der Waals surface area contributed by atoms with Gasteiger partial charge in [-0.2, -0.15) is 0 Å². The molecule has 1 unspecified atom stereocenters. The molecule has 2 fully saturated rings. The number of imidazole rings is 1. The summed E-state index contributed by atoms with van der Waals surface area (Å²) < 4.78 is 2.33. The van der Waals surface area contributed by atoms with Gasteiger partial charge in [-0.15, -0.1) is 0 Å². The molecule has 1 aromatic heterocycles. The molecule has 100 valence electrons. The van der Waals surface area contributed by atoms with Gasteiger partial charge in [0, 0.05) is 18.8 Å². The summed E-state index contributed by atoms with van der Waals surface area (Å²) in [6, 6.07) is 0.141. The van der Waals surface area contributed by atoms with Gasteiger partial charge in [-0.3, -0.25) is 0 Å². The van der Waals surface area contributed by atoms with Crippen molar-refractivity contribution in [2.75, 3.05) is 0 Å². The fourth-order valence-electron chi connectivity index (χ4n) is 3.29. The molecule has 0 spiro atoms. The Morgan fingerprint density at radius 3 is 2.72 bits per heavy atom. The van der Waals surface area contributed by atoms with Crippen LogP contribution in [0.2, 0.25) is 0 Å². The van der Waals surface area contributed by atoms with Crippen LogP contribution in [0.25, 0.3) is 0 Å². The van der Waals surface area contributed by atoms with Gasteiger partial charge < -0.3 is 10.3 Å². The summed E-state index contributed by atoms with van der Waals surface area (Å²) >= 11 is 0. The first-order chi connectivity index (χ1) is 8.61. The molecule has 1 aromatic rings. The van der Waals surface area contributed by atoms with E-state index in [1.165, 1.54) is 31.4 Å². The lowest BCUT2D eigenvalue weighted by molar-refractivity contribution is 0.356. The van der Waals surface area contributed by atoms with Crippen molar-refractivity contribution in [3.8, 4) is 0 Å². The molecule has 0 amide bonds. The van der Waals surface area contributed by atoms with E-state index < -0.39 is 0 Å². The summed E-state index contributed by atoms with van der Waals surface area (Å²) in [7, 11) is 0. The van der Waals surface area contributed by atoms with Gasteiger partial charge in [0.25, 0.3) is 0 Å². The average molecular weight is 247 g/mol. The second-order valence-corrected chi connectivity index (χ2v) is 6.82. The lowest BCUT2D eigenvalue weighted by atomic mass is 9.99. The smallest absolute Gasteiger partial charge is 0.0948 e. The lowest BCUT2D eigenvalue weighted by Crippen LogP contribution is -2.21. The molecular weight excluding hydrogens is 222 g/mol. The van der Waals surface area contributed by atoms with E-state index in [2.05, 4.69) is 23.4 Å². The van der Waals surface area contributed by atoms with E-state index in [4.69, 9.17) is 5.73 Å². The van der Waals surface area contributed by atoms with Gasteiger partial charge in [0.1, 0.15) is 0 Å². The zero-order valence-corrected chi connectivity index (χ0v) is 11.6. The second-order valence-electron chi connectivity index (χ2n) is 6.82. The van der Waals surface area contributed by atoms with Crippen LogP contribution < -0.4 is 5.73 Å². The largest absolute Gasteiger partial charge is 0.333 e. The number of nitrogens with zero attached hydrogens (tertiary/aromatic N) is 2. The van der Waals surface area contributed by atoms with Crippen LogP contribution in [-0.4, -0.2) is 9.55 Å². The fourth-order valence-corrected chi connectivity index (χ4v) is 3.29. The van der Waals surface area contributed by atoms with Crippen LogP contribution in [0.1, 0.15) is 57.7 Å². The molecule has 0 aromatic carbocycles. The molecule has 0 saturated heterocycles. The van der Waals surface area contributed by atoms with E-state index in [-0.39, 0.29) is 6.04 Å². The molecule has 18 heavy (non-hydrogen) atoms. The summed E-state index contributed by atoms with van der Waals surface area (Å²) in [4.78, 5) is 4.33. The molecule has 2 aliphatic rings. The van der Waals surface area contributed by atoms with Crippen molar-refractivity contribution in [2.45, 2.75) is 58.5 Å². The summed E-state index contributed by atoms with van der Waals surface area (Å²) in [5, 5.41) is 0. The number of rotatable bonds is 6. The first-order valence-corrected chi connectivity index (χ1v) is 7.36. The molecule has 2 saturated carbocycles. The van der Waals surface area contributed by atoms with Gasteiger partial charge in [0.2, 0.25) is 0 Å². The van der Waals surface area contributed by atoms with Crippen molar-refractivity contribution in [3.63, 3.8) is 0 Å². The zero-order chi connectivity index (χ0) is 12.8. The van der Waals surface area contributed by atoms with E-state index in [0.29, 0.717) is 11.3 Å². The summed E-state index contributed by atoms with van der Waals surface area (Å²) in [5.74, 6) is 1.63. The van der Waals surface area contributed by atoms with Crippen LogP contribution in [0.4, 0.5) is 0 Å². The van der Waals surface area contributed by atoms with Gasteiger partial charge >= 0.3 is 0 Å². The monoisotopic (exact) mass is 247 g/mol. The average Bonchev–Trinajstić information content (AvgIpc) is 3.16. The number of hydrogen-bond donors (Lipinski definition) is 1. The Bertz CT molecular complexity index is 413. The topological polar surface area (TPSA) is 43.8 Å². The van der Waals surface area contributed by atoms with Crippen molar-refractivity contribution in [1.29, 1.82) is 0 Å². The third-order valence-corrected chi connectivity index (χ3v) is 4.67. The minimum absolute atomic E-state index is 0.141. The Balaban J connectivity index is 1.71. The van der Waals surface area contributed by atoms with E-state index in [0.717, 1.165) is 18.9 Å². The Morgan fingerprint density at radius 1 is 1.44 bits per heavy atom. The molecular formula is C15H25N3. The van der Waals surface area contributed by atoms with Crippen LogP contribution in [0.3, 0.4) is 0 Å². The van der Waals surface area contributed by atoms with Crippen molar-refractivity contribution < 1.29 is 0 Å². The molecule has 0 aliphatic heterocycles.